The van der Waals surface area contributed by atoms with Gasteiger partial charge in [0.15, 0.2) is 0 Å². The van der Waals surface area contributed by atoms with Crippen molar-refractivity contribution in [2.45, 2.75) is 64.6 Å². The lowest BCUT2D eigenvalue weighted by Gasteiger charge is -2.30. The highest BCUT2D eigenvalue weighted by Gasteiger charge is 2.28. The molecule has 0 saturated heterocycles. The van der Waals surface area contributed by atoms with Crippen LogP contribution in [0.1, 0.15) is 44.7 Å². The van der Waals surface area contributed by atoms with E-state index in [1.807, 2.05) is 62.4 Å². The molecular formula is C32H48N4O5. The first-order valence-electron chi connectivity index (χ1n) is 14.5. The molecule has 0 aliphatic rings. The molecule has 0 aliphatic carbocycles. The molecule has 0 bridgehead atoms. The fourth-order valence-electron chi connectivity index (χ4n) is 4.44. The smallest absolute Gasteiger partial charge is 0.240 e. The van der Waals surface area contributed by atoms with Gasteiger partial charge < -0.3 is 35.1 Å². The number of nitrogens with one attached hydrogen (secondary N) is 3. The summed E-state index contributed by atoms with van der Waals surface area (Å²) in [6, 6.07) is 14.4. The summed E-state index contributed by atoms with van der Waals surface area (Å²) in [7, 11) is 5.09. The number of nitrogens with zero attached hydrogens (tertiary/aromatic N) is 1. The van der Waals surface area contributed by atoms with E-state index in [4.69, 9.17) is 9.47 Å². The number of ether oxygens (including phenoxy) is 2. The van der Waals surface area contributed by atoms with Gasteiger partial charge in [-0.25, -0.2) is 0 Å². The molecule has 4 atom stereocenters. The highest BCUT2D eigenvalue weighted by Crippen LogP contribution is 2.20. The maximum atomic E-state index is 13.0. The van der Waals surface area contributed by atoms with Gasteiger partial charge in [-0.1, -0.05) is 50.6 Å². The number of para-hydroxylation sites is 1. The number of hydrogen-bond acceptors (Lipinski definition) is 7. The predicted octanol–water partition coefficient (Wildman–Crippen LogP) is 3.00. The number of likely N-dealkylation sites (N-methyl/N-ethyl adjacent to an activating group) is 2. The lowest BCUT2D eigenvalue weighted by molar-refractivity contribution is -0.137. The van der Waals surface area contributed by atoms with Crippen LogP contribution < -0.4 is 25.4 Å². The molecule has 1 unspecified atom stereocenters. The van der Waals surface area contributed by atoms with Crippen LogP contribution in [0, 0.1) is 5.92 Å². The quantitative estimate of drug-likeness (QED) is 0.177. The van der Waals surface area contributed by atoms with Crippen LogP contribution in [0.5, 0.6) is 11.5 Å². The molecule has 0 aliphatic heterocycles. The van der Waals surface area contributed by atoms with Gasteiger partial charge in [-0.3, -0.25) is 9.59 Å². The van der Waals surface area contributed by atoms with Gasteiger partial charge in [0, 0.05) is 20.1 Å². The van der Waals surface area contributed by atoms with Gasteiger partial charge in [-0.05, 0) is 68.5 Å². The number of carbonyl (C=O) groups is 3. The SMILES string of the molecule is CCC(C)[C@H](NCCOc1ccccc1CCCNC(=O)[C@@H](Cc1ccc(OC)cc1)NC)C(=O)N(C)[C@H](C)C=O. The Bertz CT molecular complexity index is 1080. The number of aryl methyl sites for hydroxylation is 1. The highest BCUT2D eigenvalue weighted by molar-refractivity contribution is 5.84. The van der Waals surface area contributed by atoms with Crippen LogP contribution in [0.2, 0.25) is 0 Å². The molecule has 9 nitrogen and oxygen atoms in total. The van der Waals surface area contributed by atoms with E-state index in [2.05, 4.69) is 16.0 Å². The number of rotatable bonds is 19. The number of amides is 2. The Balaban J connectivity index is 1.82. The van der Waals surface area contributed by atoms with Crippen LogP contribution in [-0.2, 0) is 27.2 Å². The predicted molar refractivity (Wildman–Crippen MR) is 162 cm³/mol. The van der Waals surface area contributed by atoms with Crippen molar-refractivity contribution >= 4 is 18.1 Å². The van der Waals surface area contributed by atoms with E-state index < -0.39 is 6.04 Å². The van der Waals surface area contributed by atoms with Crippen molar-refractivity contribution in [1.29, 1.82) is 0 Å². The zero-order valence-corrected chi connectivity index (χ0v) is 25.4. The summed E-state index contributed by atoms with van der Waals surface area (Å²) in [6.07, 6.45) is 3.74. The Morgan fingerprint density at radius 1 is 1.05 bits per heavy atom. The topological polar surface area (TPSA) is 109 Å². The Morgan fingerprint density at radius 3 is 2.39 bits per heavy atom. The second-order valence-corrected chi connectivity index (χ2v) is 10.4. The fourth-order valence-corrected chi connectivity index (χ4v) is 4.44. The van der Waals surface area contributed by atoms with E-state index in [0.29, 0.717) is 26.1 Å². The summed E-state index contributed by atoms with van der Waals surface area (Å²) in [5.41, 5.74) is 2.13. The number of methoxy groups -OCH3 is 1. The molecule has 2 aromatic rings. The molecule has 41 heavy (non-hydrogen) atoms. The van der Waals surface area contributed by atoms with Crippen LogP contribution in [0.3, 0.4) is 0 Å². The summed E-state index contributed by atoms with van der Waals surface area (Å²) >= 11 is 0. The van der Waals surface area contributed by atoms with E-state index in [9.17, 15) is 14.4 Å². The first-order valence-corrected chi connectivity index (χ1v) is 14.5. The third-order valence-electron chi connectivity index (χ3n) is 7.52. The molecule has 2 amide bonds. The normalized spacial score (nSPS) is 13.9. The number of carbonyl (C=O) groups excluding carboxylic acids is 3. The van der Waals surface area contributed by atoms with Gasteiger partial charge in [0.1, 0.15) is 24.4 Å². The van der Waals surface area contributed by atoms with Crippen molar-refractivity contribution in [1.82, 2.24) is 20.9 Å². The molecule has 0 saturated carbocycles. The molecule has 0 spiro atoms. The maximum Gasteiger partial charge on any atom is 0.240 e. The summed E-state index contributed by atoms with van der Waals surface area (Å²) < 4.78 is 11.3. The lowest BCUT2D eigenvalue weighted by Crippen LogP contribution is -2.52. The van der Waals surface area contributed by atoms with Crippen LogP contribution in [0.25, 0.3) is 0 Å². The van der Waals surface area contributed by atoms with E-state index >= 15 is 0 Å². The van der Waals surface area contributed by atoms with Crippen molar-refractivity contribution < 1.29 is 23.9 Å². The number of benzene rings is 2. The Morgan fingerprint density at radius 2 is 1.76 bits per heavy atom. The van der Waals surface area contributed by atoms with Gasteiger partial charge in [0.2, 0.25) is 11.8 Å². The van der Waals surface area contributed by atoms with Crippen molar-refractivity contribution in [3.8, 4) is 11.5 Å². The van der Waals surface area contributed by atoms with Crippen LogP contribution in [-0.4, -0.2) is 82.0 Å². The van der Waals surface area contributed by atoms with Crippen molar-refractivity contribution in [2.75, 3.05) is 40.9 Å². The first kappa shape index (κ1) is 33.8. The molecular weight excluding hydrogens is 520 g/mol. The molecule has 0 heterocycles. The van der Waals surface area contributed by atoms with E-state index in [1.54, 1.807) is 28.1 Å². The molecule has 3 N–H and O–H groups in total. The average molecular weight is 569 g/mol. The Kier molecular flexibility index (Phi) is 14.9. The second-order valence-electron chi connectivity index (χ2n) is 10.4. The van der Waals surface area contributed by atoms with Gasteiger partial charge in [0.05, 0.1) is 25.2 Å². The molecule has 9 heteroatoms. The summed E-state index contributed by atoms with van der Waals surface area (Å²) in [4.78, 5) is 38.4. The lowest BCUT2D eigenvalue weighted by atomic mass is 9.97. The molecule has 226 valence electrons. The minimum absolute atomic E-state index is 0.0301. The molecule has 2 aromatic carbocycles. The first-order chi connectivity index (χ1) is 19.7. The van der Waals surface area contributed by atoms with Crippen molar-refractivity contribution in [3.63, 3.8) is 0 Å². The monoisotopic (exact) mass is 568 g/mol. The molecule has 0 radical (unpaired) electrons. The summed E-state index contributed by atoms with van der Waals surface area (Å²) in [6.45, 7) is 7.24. The van der Waals surface area contributed by atoms with Crippen LogP contribution >= 0.6 is 0 Å². The fraction of sp³-hybridized carbons (Fsp3) is 0.531. The largest absolute Gasteiger partial charge is 0.497 e. The summed E-state index contributed by atoms with van der Waals surface area (Å²) in [5, 5.41) is 9.48. The third-order valence-corrected chi connectivity index (χ3v) is 7.52. The van der Waals surface area contributed by atoms with E-state index in [-0.39, 0.29) is 29.8 Å². The maximum absolute atomic E-state index is 13.0. The molecule has 0 aromatic heterocycles. The summed E-state index contributed by atoms with van der Waals surface area (Å²) in [5.74, 6) is 1.58. The van der Waals surface area contributed by atoms with Crippen LogP contribution in [0.15, 0.2) is 48.5 Å². The van der Waals surface area contributed by atoms with E-state index in [1.165, 1.54) is 4.90 Å². The number of hydrogen-bond donors (Lipinski definition) is 3. The van der Waals surface area contributed by atoms with Gasteiger partial charge >= 0.3 is 0 Å². The second kappa shape index (κ2) is 18.1. The van der Waals surface area contributed by atoms with Crippen molar-refractivity contribution in [3.05, 3.63) is 59.7 Å². The van der Waals surface area contributed by atoms with Gasteiger partial charge in [-0.2, -0.15) is 0 Å². The number of aldehydes is 1. The van der Waals surface area contributed by atoms with Gasteiger partial charge in [-0.15, -0.1) is 0 Å². The minimum Gasteiger partial charge on any atom is -0.497 e. The van der Waals surface area contributed by atoms with Crippen molar-refractivity contribution in [2.24, 2.45) is 5.92 Å². The highest BCUT2D eigenvalue weighted by atomic mass is 16.5. The Hall–Kier alpha value is -3.43. The Labute approximate surface area is 245 Å². The van der Waals surface area contributed by atoms with E-state index in [0.717, 1.165) is 48.2 Å². The average Bonchev–Trinajstić information content (AvgIpc) is 3.01. The molecule has 0 fully saturated rings. The standard InChI is InChI=1S/C32H48N4O5/c1-7-23(2)30(32(39)36(5)24(3)22-37)34-19-20-41-29-13-9-8-11-26(29)12-10-18-35-31(38)28(33-4)21-25-14-16-27(40-6)17-15-25/h8-9,11,13-17,22-24,28,30,33-34H,7,10,12,18-21H2,1-6H3,(H,35,38)/t23?,24-,28-,30+/m1/s1. The third kappa shape index (κ3) is 10.8. The zero-order chi connectivity index (χ0) is 30.2. The molecule has 2 rings (SSSR count). The van der Waals surface area contributed by atoms with Crippen LogP contribution in [0.4, 0.5) is 0 Å². The van der Waals surface area contributed by atoms with Gasteiger partial charge in [0.25, 0.3) is 0 Å². The zero-order valence-electron chi connectivity index (χ0n) is 25.4. The minimum atomic E-state index is -0.471.